The predicted octanol–water partition coefficient (Wildman–Crippen LogP) is 2.17. The van der Waals surface area contributed by atoms with Gasteiger partial charge in [-0.3, -0.25) is 0 Å². The van der Waals surface area contributed by atoms with Gasteiger partial charge in [-0.1, -0.05) is 39.0 Å². The first-order chi connectivity index (χ1) is 8.18. The molecule has 0 aliphatic carbocycles. The minimum atomic E-state index is 0.215. The van der Waals surface area contributed by atoms with Crippen LogP contribution in [0.4, 0.5) is 0 Å². The Morgan fingerprint density at radius 2 is 1.18 bits per heavy atom. The van der Waals surface area contributed by atoms with Gasteiger partial charge in [0.05, 0.1) is 26.8 Å². The van der Waals surface area contributed by atoms with Crippen molar-refractivity contribution in [2.45, 2.75) is 51.9 Å². The first kappa shape index (κ1) is 16.9. The summed E-state index contributed by atoms with van der Waals surface area (Å²) in [4.78, 5) is 0. The van der Waals surface area contributed by atoms with E-state index in [1.165, 1.54) is 44.9 Å². The lowest BCUT2D eigenvalue weighted by atomic mass is 10.1. The van der Waals surface area contributed by atoms with Crippen molar-refractivity contribution in [3.63, 3.8) is 0 Å². The third-order valence-electron chi connectivity index (χ3n) is 3.58. The standard InChI is InChI=1S/C14H32NO2/c1-3-4-5-6-7-8-9-10-15(2,11-13-16)12-14-17/h16-17H,3-14H2,1-2H3/q+1. The third kappa shape index (κ3) is 9.57. The molecule has 0 amide bonds. The number of nitrogens with zero attached hydrogens (tertiary/aromatic N) is 1. The van der Waals surface area contributed by atoms with Gasteiger partial charge in [-0.2, -0.15) is 0 Å². The maximum absolute atomic E-state index is 9.03. The van der Waals surface area contributed by atoms with Crippen LogP contribution in [0.25, 0.3) is 0 Å². The quantitative estimate of drug-likeness (QED) is 0.409. The highest BCUT2D eigenvalue weighted by atomic mass is 16.3. The number of unbranched alkanes of at least 4 members (excludes halogenated alkanes) is 6. The van der Waals surface area contributed by atoms with Gasteiger partial charge in [0.2, 0.25) is 0 Å². The molecule has 3 nitrogen and oxygen atoms in total. The molecular weight excluding hydrogens is 214 g/mol. The van der Waals surface area contributed by atoms with E-state index in [0.717, 1.165) is 24.1 Å². The normalized spacial score (nSPS) is 12.0. The number of hydrogen-bond donors (Lipinski definition) is 2. The fourth-order valence-corrected chi connectivity index (χ4v) is 2.27. The third-order valence-corrected chi connectivity index (χ3v) is 3.58. The van der Waals surface area contributed by atoms with Gasteiger partial charge in [-0.15, -0.1) is 0 Å². The molecular formula is C14H32NO2+. The highest BCUT2D eigenvalue weighted by Gasteiger charge is 2.19. The molecule has 0 heterocycles. The Morgan fingerprint density at radius 1 is 0.706 bits per heavy atom. The van der Waals surface area contributed by atoms with Gasteiger partial charge in [0.15, 0.2) is 0 Å². The highest BCUT2D eigenvalue weighted by Crippen LogP contribution is 2.10. The SMILES string of the molecule is CCCCCCCCC[N+](C)(CCO)CCO. The summed E-state index contributed by atoms with van der Waals surface area (Å²) >= 11 is 0. The molecule has 0 radical (unpaired) electrons. The van der Waals surface area contributed by atoms with Gasteiger partial charge in [0.1, 0.15) is 13.1 Å². The summed E-state index contributed by atoms with van der Waals surface area (Å²) in [6.07, 6.45) is 9.23. The van der Waals surface area contributed by atoms with Crippen molar-refractivity contribution < 1.29 is 14.7 Å². The second kappa shape index (κ2) is 11.0. The Bertz CT molecular complexity index is 156. The number of hydrogen-bond acceptors (Lipinski definition) is 2. The largest absolute Gasteiger partial charge is 0.391 e. The maximum Gasteiger partial charge on any atom is 0.102 e. The zero-order valence-electron chi connectivity index (χ0n) is 11.8. The Hall–Kier alpha value is -0.120. The Balaban J connectivity index is 3.54. The van der Waals surface area contributed by atoms with Crippen LogP contribution in [0.1, 0.15) is 51.9 Å². The van der Waals surface area contributed by atoms with Crippen molar-refractivity contribution in [1.82, 2.24) is 0 Å². The van der Waals surface area contributed by atoms with E-state index in [-0.39, 0.29) is 13.2 Å². The molecule has 0 aromatic carbocycles. The summed E-state index contributed by atoms with van der Waals surface area (Å²) in [5, 5.41) is 18.1. The molecule has 0 aliphatic rings. The van der Waals surface area contributed by atoms with Crippen molar-refractivity contribution in [3.05, 3.63) is 0 Å². The second-order valence-electron chi connectivity index (χ2n) is 5.36. The molecule has 0 bridgehead atoms. The number of rotatable bonds is 12. The van der Waals surface area contributed by atoms with Crippen molar-refractivity contribution >= 4 is 0 Å². The average molecular weight is 246 g/mol. The second-order valence-corrected chi connectivity index (χ2v) is 5.36. The molecule has 0 spiro atoms. The molecule has 0 fully saturated rings. The zero-order valence-corrected chi connectivity index (χ0v) is 11.8. The van der Waals surface area contributed by atoms with Crippen LogP contribution >= 0.6 is 0 Å². The van der Waals surface area contributed by atoms with E-state index in [9.17, 15) is 0 Å². The van der Waals surface area contributed by atoms with Crippen LogP contribution in [0.2, 0.25) is 0 Å². The van der Waals surface area contributed by atoms with Crippen LogP contribution in [0.5, 0.6) is 0 Å². The van der Waals surface area contributed by atoms with Gasteiger partial charge in [0, 0.05) is 0 Å². The molecule has 0 unspecified atom stereocenters. The van der Waals surface area contributed by atoms with Gasteiger partial charge in [0.25, 0.3) is 0 Å². The predicted molar refractivity (Wildman–Crippen MR) is 73.0 cm³/mol. The monoisotopic (exact) mass is 246 g/mol. The smallest absolute Gasteiger partial charge is 0.102 e. The first-order valence-electron chi connectivity index (χ1n) is 7.24. The van der Waals surface area contributed by atoms with Crippen molar-refractivity contribution in [3.8, 4) is 0 Å². The minimum absolute atomic E-state index is 0.215. The molecule has 0 rings (SSSR count). The topological polar surface area (TPSA) is 40.5 Å². The Kier molecular flexibility index (Phi) is 10.9. The Labute approximate surface area is 107 Å². The lowest BCUT2D eigenvalue weighted by Gasteiger charge is -2.33. The van der Waals surface area contributed by atoms with Gasteiger partial charge < -0.3 is 14.7 Å². The molecule has 17 heavy (non-hydrogen) atoms. The van der Waals surface area contributed by atoms with E-state index in [1.54, 1.807) is 0 Å². The van der Waals surface area contributed by atoms with E-state index in [2.05, 4.69) is 14.0 Å². The summed E-state index contributed by atoms with van der Waals surface area (Å²) in [6.45, 7) is 5.27. The molecule has 0 aliphatic heterocycles. The molecule has 104 valence electrons. The van der Waals surface area contributed by atoms with E-state index in [0.29, 0.717) is 0 Å². The fraction of sp³-hybridized carbons (Fsp3) is 1.00. The van der Waals surface area contributed by atoms with Crippen LogP contribution in [-0.4, -0.2) is 54.6 Å². The zero-order chi connectivity index (χ0) is 13.0. The van der Waals surface area contributed by atoms with Crippen LogP contribution in [-0.2, 0) is 0 Å². The summed E-state index contributed by atoms with van der Waals surface area (Å²) in [5.74, 6) is 0. The van der Waals surface area contributed by atoms with E-state index < -0.39 is 0 Å². The average Bonchev–Trinajstić information content (AvgIpc) is 2.28. The van der Waals surface area contributed by atoms with E-state index in [4.69, 9.17) is 10.2 Å². The summed E-state index contributed by atoms with van der Waals surface area (Å²) in [6, 6.07) is 0. The van der Waals surface area contributed by atoms with Crippen LogP contribution in [0.15, 0.2) is 0 Å². The lowest BCUT2D eigenvalue weighted by Crippen LogP contribution is -2.48. The summed E-state index contributed by atoms with van der Waals surface area (Å²) < 4.78 is 0.808. The molecule has 0 saturated heterocycles. The number of likely N-dealkylation sites (N-methyl/N-ethyl adjacent to an activating group) is 1. The maximum atomic E-state index is 9.03. The van der Waals surface area contributed by atoms with Gasteiger partial charge in [-0.05, 0) is 12.8 Å². The van der Waals surface area contributed by atoms with Crippen molar-refractivity contribution in [1.29, 1.82) is 0 Å². The minimum Gasteiger partial charge on any atom is -0.391 e. The highest BCUT2D eigenvalue weighted by molar-refractivity contribution is 4.46. The van der Waals surface area contributed by atoms with Gasteiger partial charge >= 0.3 is 0 Å². The number of quaternary nitrogens is 1. The number of aliphatic hydroxyl groups excluding tert-OH is 2. The molecule has 0 aromatic heterocycles. The first-order valence-corrected chi connectivity index (χ1v) is 7.24. The molecule has 2 N–H and O–H groups in total. The molecule has 3 heteroatoms. The molecule has 0 atom stereocenters. The van der Waals surface area contributed by atoms with Gasteiger partial charge in [-0.25, -0.2) is 0 Å². The van der Waals surface area contributed by atoms with Crippen molar-refractivity contribution in [2.75, 3.05) is 39.9 Å². The molecule has 0 aromatic rings. The lowest BCUT2D eigenvalue weighted by molar-refractivity contribution is -0.910. The van der Waals surface area contributed by atoms with Crippen LogP contribution in [0.3, 0.4) is 0 Å². The van der Waals surface area contributed by atoms with E-state index in [1.807, 2.05) is 0 Å². The number of aliphatic hydroxyl groups is 2. The van der Waals surface area contributed by atoms with Crippen molar-refractivity contribution in [2.24, 2.45) is 0 Å². The summed E-state index contributed by atoms with van der Waals surface area (Å²) in [7, 11) is 2.13. The van der Waals surface area contributed by atoms with E-state index >= 15 is 0 Å². The molecule has 0 saturated carbocycles. The Morgan fingerprint density at radius 3 is 1.65 bits per heavy atom. The fourth-order valence-electron chi connectivity index (χ4n) is 2.27. The van der Waals surface area contributed by atoms with Crippen LogP contribution < -0.4 is 0 Å². The van der Waals surface area contributed by atoms with Crippen LogP contribution in [0, 0.1) is 0 Å². The summed E-state index contributed by atoms with van der Waals surface area (Å²) in [5.41, 5.74) is 0.